The molecule has 1 unspecified atom stereocenters. The minimum atomic E-state index is -0.237. The van der Waals surface area contributed by atoms with Crippen LogP contribution in [-0.2, 0) is 4.74 Å². The SMILES string of the molecule is COCCCN1C(=O)c2n[nH]c(C)c2C1c1ccc(OC)cc1OC. The van der Waals surface area contributed by atoms with Gasteiger partial charge in [-0.25, -0.2) is 0 Å². The van der Waals surface area contributed by atoms with E-state index in [9.17, 15) is 4.79 Å². The average molecular weight is 345 g/mol. The van der Waals surface area contributed by atoms with Crippen LogP contribution < -0.4 is 9.47 Å². The van der Waals surface area contributed by atoms with E-state index in [1.165, 1.54) is 0 Å². The standard InChI is InChI=1S/C18H23N3O4/c1-11-15-16(20-19-11)18(22)21(8-5-9-23-2)17(15)13-7-6-12(24-3)10-14(13)25-4/h6-7,10,17H,5,8-9H2,1-4H3,(H,19,20). The number of carbonyl (C=O) groups is 1. The zero-order valence-electron chi connectivity index (χ0n) is 15.0. The van der Waals surface area contributed by atoms with Crippen LogP contribution in [0, 0.1) is 6.92 Å². The van der Waals surface area contributed by atoms with Crippen LogP contribution in [0.25, 0.3) is 0 Å². The number of H-pyrrole nitrogens is 1. The summed E-state index contributed by atoms with van der Waals surface area (Å²) in [6, 6.07) is 5.42. The molecule has 1 N–H and O–H groups in total. The highest BCUT2D eigenvalue weighted by Gasteiger charge is 2.42. The summed E-state index contributed by atoms with van der Waals surface area (Å²) >= 11 is 0. The van der Waals surface area contributed by atoms with E-state index in [0.717, 1.165) is 23.2 Å². The molecule has 1 aliphatic rings. The van der Waals surface area contributed by atoms with Crippen molar-refractivity contribution in [1.82, 2.24) is 15.1 Å². The maximum atomic E-state index is 12.8. The van der Waals surface area contributed by atoms with Crippen LogP contribution in [0.1, 0.15) is 39.8 Å². The Morgan fingerprint density at radius 3 is 2.72 bits per heavy atom. The Balaban J connectivity index is 2.06. The summed E-state index contributed by atoms with van der Waals surface area (Å²) in [4.78, 5) is 14.7. The van der Waals surface area contributed by atoms with Crippen LogP contribution in [0.2, 0.25) is 0 Å². The van der Waals surface area contributed by atoms with Gasteiger partial charge in [-0.1, -0.05) is 0 Å². The molecular formula is C18H23N3O4. The van der Waals surface area contributed by atoms with Crippen molar-refractivity contribution >= 4 is 5.91 Å². The lowest BCUT2D eigenvalue weighted by atomic mass is 9.98. The maximum absolute atomic E-state index is 12.8. The highest BCUT2D eigenvalue weighted by atomic mass is 16.5. The molecule has 2 heterocycles. The molecule has 134 valence electrons. The lowest BCUT2D eigenvalue weighted by Gasteiger charge is -2.27. The number of fused-ring (bicyclic) bond motifs is 1. The van der Waals surface area contributed by atoms with Gasteiger partial charge in [0.05, 0.1) is 20.3 Å². The van der Waals surface area contributed by atoms with Crippen LogP contribution in [0.3, 0.4) is 0 Å². The van der Waals surface area contributed by atoms with Crippen molar-refractivity contribution in [2.24, 2.45) is 0 Å². The molecule has 0 fully saturated rings. The number of aromatic nitrogens is 2. The molecule has 25 heavy (non-hydrogen) atoms. The number of amides is 1. The molecule has 1 atom stereocenters. The zero-order valence-corrected chi connectivity index (χ0v) is 15.0. The van der Waals surface area contributed by atoms with E-state index in [0.29, 0.717) is 30.3 Å². The molecule has 2 aromatic rings. The first-order valence-electron chi connectivity index (χ1n) is 8.19. The number of nitrogens with zero attached hydrogens (tertiary/aromatic N) is 2. The van der Waals surface area contributed by atoms with Crippen LogP contribution in [0.5, 0.6) is 11.5 Å². The van der Waals surface area contributed by atoms with E-state index in [1.807, 2.05) is 30.0 Å². The fraction of sp³-hybridized carbons (Fsp3) is 0.444. The molecule has 0 saturated heterocycles. The lowest BCUT2D eigenvalue weighted by molar-refractivity contribution is 0.0721. The summed E-state index contributed by atoms with van der Waals surface area (Å²) in [5.41, 5.74) is 3.20. The molecule has 1 aromatic carbocycles. The zero-order chi connectivity index (χ0) is 18.0. The predicted octanol–water partition coefficient (Wildman–Crippen LogP) is 2.32. The minimum absolute atomic E-state index is 0.0710. The number of benzene rings is 1. The second kappa shape index (κ2) is 7.14. The summed E-state index contributed by atoms with van der Waals surface area (Å²) in [5.74, 6) is 1.32. The summed E-state index contributed by atoms with van der Waals surface area (Å²) in [7, 11) is 4.89. The lowest BCUT2D eigenvalue weighted by Crippen LogP contribution is -2.31. The number of aromatic amines is 1. The minimum Gasteiger partial charge on any atom is -0.497 e. The number of methoxy groups -OCH3 is 3. The molecule has 0 bridgehead atoms. The van der Waals surface area contributed by atoms with Crippen LogP contribution in [-0.4, -0.2) is 55.5 Å². The molecular weight excluding hydrogens is 322 g/mol. The first-order valence-corrected chi connectivity index (χ1v) is 8.19. The average Bonchev–Trinajstić information content (AvgIpc) is 3.14. The van der Waals surface area contributed by atoms with Crippen LogP contribution >= 0.6 is 0 Å². The van der Waals surface area contributed by atoms with E-state index in [1.54, 1.807) is 21.3 Å². The van der Waals surface area contributed by atoms with E-state index in [2.05, 4.69) is 10.2 Å². The number of nitrogens with one attached hydrogen (secondary N) is 1. The molecule has 7 heteroatoms. The number of rotatable bonds is 7. The Hall–Kier alpha value is -2.54. The number of carbonyl (C=O) groups excluding carboxylic acids is 1. The summed E-state index contributed by atoms with van der Waals surface area (Å²) < 4.78 is 16.0. The van der Waals surface area contributed by atoms with Gasteiger partial charge in [0.1, 0.15) is 11.5 Å². The Morgan fingerprint density at radius 1 is 1.24 bits per heavy atom. The van der Waals surface area contributed by atoms with Gasteiger partial charge in [-0.05, 0) is 25.5 Å². The second-order valence-electron chi connectivity index (χ2n) is 5.97. The predicted molar refractivity (Wildman–Crippen MR) is 92.2 cm³/mol. The van der Waals surface area contributed by atoms with Crippen molar-refractivity contribution in [2.45, 2.75) is 19.4 Å². The summed E-state index contributed by atoms with van der Waals surface area (Å²) in [5, 5.41) is 7.14. The van der Waals surface area contributed by atoms with Gasteiger partial charge in [0.25, 0.3) is 5.91 Å². The number of hydrogen-bond acceptors (Lipinski definition) is 5. The van der Waals surface area contributed by atoms with Gasteiger partial charge in [-0.2, -0.15) is 5.10 Å². The van der Waals surface area contributed by atoms with Crippen LogP contribution in [0.15, 0.2) is 18.2 Å². The third-order valence-electron chi connectivity index (χ3n) is 4.53. The highest BCUT2D eigenvalue weighted by Crippen LogP contribution is 2.43. The fourth-order valence-corrected chi connectivity index (χ4v) is 3.32. The smallest absolute Gasteiger partial charge is 0.275 e. The largest absolute Gasteiger partial charge is 0.497 e. The monoisotopic (exact) mass is 345 g/mol. The van der Waals surface area contributed by atoms with Crippen molar-refractivity contribution < 1.29 is 19.0 Å². The number of hydrogen-bond donors (Lipinski definition) is 1. The summed E-state index contributed by atoms with van der Waals surface area (Å²) in [6.45, 7) is 3.11. The third-order valence-corrected chi connectivity index (χ3v) is 4.53. The van der Waals surface area contributed by atoms with Gasteiger partial charge in [0.15, 0.2) is 5.69 Å². The van der Waals surface area contributed by atoms with Crippen LogP contribution in [0.4, 0.5) is 0 Å². The van der Waals surface area contributed by atoms with Gasteiger partial charge in [0, 0.05) is 43.1 Å². The molecule has 0 radical (unpaired) electrons. The van der Waals surface area contributed by atoms with Gasteiger partial charge in [-0.15, -0.1) is 0 Å². The van der Waals surface area contributed by atoms with Crippen molar-refractivity contribution in [3.8, 4) is 11.5 Å². The third kappa shape index (κ3) is 2.95. The Kier molecular flexibility index (Phi) is 4.94. The van der Waals surface area contributed by atoms with E-state index in [4.69, 9.17) is 14.2 Å². The van der Waals surface area contributed by atoms with Crippen molar-refractivity contribution in [1.29, 1.82) is 0 Å². The molecule has 7 nitrogen and oxygen atoms in total. The molecule has 1 amide bonds. The Morgan fingerprint density at radius 2 is 2.04 bits per heavy atom. The first-order chi connectivity index (χ1) is 12.1. The normalized spacial score (nSPS) is 16.2. The molecule has 0 spiro atoms. The fourth-order valence-electron chi connectivity index (χ4n) is 3.32. The number of ether oxygens (including phenoxy) is 3. The summed E-state index contributed by atoms with van der Waals surface area (Å²) in [6.07, 6.45) is 0.754. The quantitative estimate of drug-likeness (QED) is 0.779. The van der Waals surface area contributed by atoms with Gasteiger partial charge in [0.2, 0.25) is 0 Å². The highest BCUT2D eigenvalue weighted by molar-refractivity contribution is 5.98. The van der Waals surface area contributed by atoms with Crippen molar-refractivity contribution in [3.63, 3.8) is 0 Å². The number of aryl methyl sites for hydroxylation is 1. The van der Waals surface area contributed by atoms with Gasteiger partial charge >= 0.3 is 0 Å². The van der Waals surface area contributed by atoms with E-state index in [-0.39, 0.29) is 11.9 Å². The first kappa shape index (κ1) is 17.3. The van der Waals surface area contributed by atoms with Gasteiger partial charge in [-0.3, -0.25) is 9.89 Å². The Bertz CT molecular complexity index is 772. The topological polar surface area (TPSA) is 76.7 Å². The van der Waals surface area contributed by atoms with Crippen molar-refractivity contribution in [3.05, 3.63) is 40.7 Å². The maximum Gasteiger partial charge on any atom is 0.275 e. The molecule has 1 aromatic heterocycles. The van der Waals surface area contributed by atoms with Crippen molar-refractivity contribution in [2.75, 3.05) is 34.5 Å². The molecule has 1 aliphatic heterocycles. The van der Waals surface area contributed by atoms with E-state index < -0.39 is 0 Å². The molecule has 0 aliphatic carbocycles. The van der Waals surface area contributed by atoms with E-state index >= 15 is 0 Å². The Labute approximate surface area is 146 Å². The van der Waals surface area contributed by atoms with Gasteiger partial charge < -0.3 is 19.1 Å². The molecule has 3 rings (SSSR count). The molecule has 0 saturated carbocycles. The second-order valence-corrected chi connectivity index (χ2v) is 5.97.